The summed E-state index contributed by atoms with van der Waals surface area (Å²) in [5.74, 6) is 1.88. The molecule has 0 saturated carbocycles. The number of hydrogen-bond acceptors (Lipinski definition) is 6. The highest BCUT2D eigenvalue weighted by Gasteiger charge is 2.23. The van der Waals surface area contributed by atoms with Crippen LogP contribution in [0.15, 0.2) is 24.5 Å². The molecule has 0 aromatic carbocycles. The Balaban J connectivity index is 1.31. The molecule has 27 heavy (non-hydrogen) atoms. The highest BCUT2D eigenvalue weighted by Crippen LogP contribution is 2.20. The molecule has 0 N–H and O–H groups in total. The minimum absolute atomic E-state index is 0.264. The molecule has 4 heterocycles. The van der Waals surface area contributed by atoms with Gasteiger partial charge in [0.05, 0.1) is 0 Å². The number of fused-ring (bicyclic) bond motifs is 1. The Hall–Kier alpha value is -2.48. The standard InChI is InChI=1S/C19H24N6OS/c1-14-12-17(25-19(22-14)20-13-21-25)23-8-10-24(11-9-23)18(26)5-3-4-16-7-6-15(2)27-16/h6-7,12-13H,3-5,8-11H2,1-2H3. The highest BCUT2D eigenvalue weighted by atomic mass is 32.1. The molecule has 0 spiro atoms. The number of carbonyl (C=O) groups is 1. The molecular formula is C19H24N6OS. The molecule has 3 aromatic rings. The van der Waals surface area contributed by atoms with E-state index in [9.17, 15) is 4.79 Å². The number of aryl methyl sites for hydroxylation is 3. The summed E-state index contributed by atoms with van der Waals surface area (Å²) in [4.78, 5) is 28.1. The maximum absolute atomic E-state index is 12.5. The lowest BCUT2D eigenvalue weighted by Crippen LogP contribution is -2.49. The van der Waals surface area contributed by atoms with E-state index < -0.39 is 0 Å². The Morgan fingerprint density at radius 2 is 2.00 bits per heavy atom. The quantitative estimate of drug-likeness (QED) is 0.676. The van der Waals surface area contributed by atoms with Crippen LogP contribution in [0.3, 0.4) is 0 Å². The van der Waals surface area contributed by atoms with Gasteiger partial charge in [-0.05, 0) is 38.8 Å². The first-order valence-corrected chi connectivity index (χ1v) is 10.2. The largest absolute Gasteiger partial charge is 0.353 e. The summed E-state index contributed by atoms with van der Waals surface area (Å²) >= 11 is 1.83. The van der Waals surface area contributed by atoms with E-state index in [4.69, 9.17) is 0 Å². The molecule has 3 aromatic heterocycles. The van der Waals surface area contributed by atoms with Crippen LogP contribution in [-0.2, 0) is 11.2 Å². The van der Waals surface area contributed by atoms with Gasteiger partial charge >= 0.3 is 0 Å². The van der Waals surface area contributed by atoms with Crippen LogP contribution >= 0.6 is 11.3 Å². The number of rotatable bonds is 5. The van der Waals surface area contributed by atoms with Crippen molar-refractivity contribution in [3.8, 4) is 0 Å². The Kier molecular flexibility index (Phi) is 5.07. The lowest BCUT2D eigenvalue weighted by Gasteiger charge is -2.36. The normalized spacial score (nSPS) is 14.9. The van der Waals surface area contributed by atoms with E-state index in [2.05, 4.69) is 39.0 Å². The van der Waals surface area contributed by atoms with Gasteiger partial charge in [0.2, 0.25) is 5.91 Å². The SMILES string of the molecule is Cc1cc(N2CCN(C(=O)CCCc3ccc(C)s3)CC2)n2ncnc2n1. The summed E-state index contributed by atoms with van der Waals surface area (Å²) in [6.07, 6.45) is 4.06. The lowest BCUT2D eigenvalue weighted by molar-refractivity contribution is -0.131. The minimum Gasteiger partial charge on any atom is -0.353 e. The molecule has 0 radical (unpaired) electrons. The zero-order valence-corrected chi connectivity index (χ0v) is 16.6. The van der Waals surface area contributed by atoms with Gasteiger partial charge in [-0.3, -0.25) is 4.79 Å². The van der Waals surface area contributed by atoms with Crippen LogP contribution in [0.4, 0.5) is 5.82 Å². The third kappa shape index (κ3) is 3.95. The predicted octanol–water partition coefficient (Wildman–Crippen LogP) is 2.47. The van der Waals surface area contributed by atoms with Crippen molar-refractivity contribution in [1.82, 2.24) is 24.5 Å². The predicted molar refractivity (Wildman–Crippen MR) is 106 cm³/mol. The van der Waals surface area contributed by atoms with Crippen molar-refractivity contribution in [3.63, 3.8) is 0 Å². The fraction of sp³-hybridized carbons (Fsp3) is 0.474. The number of anilines is 1. The van der Waals surface area contributed by atoms with Crippen LogP contribution in [0, 0.1) is 13.8 Å². The minimum atomic E-state index is 0.264. The van der Waals surface area contributed by atoms with Gasteiger partial charge in [0.1, 0.15) is 12.1 Å². The molecule has 0 aliphatic carbocycles. The van der Waals surface area contributed by atoms with Crippen molar-refractivity contribution in [2.45, 2.75) is 33.1 Å². The summed E-state index contributed by atoms with van der Waals surface area (Å²) in [5.41, 5.74) is 0.924. The van der Waals surface area contributed by atoms with E-state index in [0.717, 1.165) is 50.5 Å². The fourth-order valence-electron chi connectivity index (χ4n) is 3.51. The average Bonchev–Trinajstić information content (AvgIpc) is 3.29. The van der Waals surface area contributed by atoms with Crippen molar-refractivity contribution >= 4 is 28.8 Å². The topological polar surface area (TPSA) is 66.6 Å². The molecule has 4 rings (SSSR count). The van der Waals surface area contributed by atoms with Gasteiger partial charge in [0.15, 0.2) is 0 Å². The first-order valence-electron chi connectivity index (χ1n) is 9.35. The maximum Gasteiger partial charge on any atom is 0.254 e. The van der Waals surface area contributed by atoms with Crippen LogP contribution in [0.5, 0.6) is 0 Å². The van der Waals surface area contributed by atoms with Gasteiger partial charge in [-0.15, -0.1) is 11.3 Å². The number of piperazine rings is 1. The lowest BCUT2D eigenvalue weighted by atomic mass is 10.2. The molecule has 1 amide bonds. The Labute approximate surface area is 162 Å². The summed E-state index contributed by atoms with van der Waals surface area (Å²) in [6, 6.07) is 6.35. The molecule has 0 unspecified atom stereocenters. The second kappa shape index (κ2) is 7.64. The van der Waals surface area contributed by atoms with E-state index in [1.165, 1.54) is 16.1 Å². The van der Waals surface area contributed by atoms with Crippen LogP contribution < -0.4 is 4.90 Å². The Morgan fingerprint density at radius 3 is 2.74 bits per heavy atom. The third-order valence-electron chi connectivity index (χ3n) is 4.93. The third-order valence-corrected chi connectivity index (χ3v) is 5.99. The molecule has 1 fully saturated rings. The second-order valence-corrected chi connectivity index (χ2v) is 8.33. The number of aromatic nitrogens is 4. The van der Waals surface area contributed by atoms with Gasteiger partial charge in [-0.1, -0.05) is 0 Å². The van der Waals surface area contributed by atoms with E-state index in [-0.39, 0.29) is 5.91 Å². The molecule has 1 aliphatic rings. The van der Waals surface area contributed by atoms with E-state index in [0.29, 0.717) is 12.2 Å². The molecule has 142 valence electrons. The first-order chi connectivity index (χ1) is 13.1. The van der Waals surface area contributed by atoms with Crippen molar-refractivity contribution in [2.75, 3.05) is 31.1 Å². The zero-order chi connectivity index (χ0) is 18.8. The van der Waals surface area contributed by atoms with Gasteiger partial charge in [-0.2, -0.15) is 14.6 Å². The number of amides is 1. The number of carbonyl (C=O) groups excluding carboxylic acids is 1. The zero-order valence-electron chi connectivity index (χ0n) is 15.8. The van der Waals surface area contributed by atoms with Gasteiger partial charge in [-0.25, -0.2) is 4.98 Å². The molecular weight excluding hydrogens is 360 g/mol. The molecule has 8 heteroatoms. The number of thiophene rings is 1. The summed E-state index contributed by atoms with van der Waals surface area (Å²) in [6.45, 7) is 7.18. The number of hydrogen-bond donors (Lipinski definition) is 0. The Morgan fingerprint density at radius 1 is 1.19 bits per heavy atom. The van der Waals surface area contributed by atoms with Gasteiger partial charge < -0.3 is 9.80 Å². The highest BCUT2D eigenvalue weighted by molar-refractivity contribution is 7.11. The van der Waals surface area contributed by atoms with E-state index in [1.54, 1.807) is 4.52 Å². The smallest absolute Gasteiger partial charge is 0.254 e. The molecule has 7 nitrogen and oxygen atoms in total. The maximum atomic E-state index is 12.5. The Bertz CT molecular complexity index is 941. The monoisotopic (exact) mass is 384 g/mol. The molecule has 0 bridgehead atoms. The second-order valence-electron chi connectivity index (χ2n) is 6.96. The van der Waals surface area contributed by atoms with E-state index >= 15 is 0 Å². The van der Waals surface area contributed by atoms with Crippen molar-refractivity contribution in [1.29, 1.82) is 0 Å². The van der Waals surface area contributed by atoms with Crippen LogP contribution in [0.25, 0.3) is 5.78 Å². The van der Waals surface area contributed by atoms with E-state index in [1.807, 2.05) is 29.2 Å². The summed E-state index contributed by atoms with van der Waals surface area (Å²) < 4.78 is 1.77. The van der Waals surface area contributed by atoms with Crippen molar-refractivity contribution in [3.05, 3.63) is 40.0 Å². The molecule has 1 saturated heterocycles. The van der Waals surface area contributed by atoms with Crippen LogP contribution in [-0.4, -0.2) is 56.6 Å². The fourth-order valence-corrected chi connectivity index (χ4v) is 4.45. The average molecular weight is 385 g/mol. The number of nitrogens with zero attached hydrogens (tertiary/aromatic N) is 6. The summed E-state index contributed by atoms with van der Waals surface area (Å²) in [5, 5.41) is 4.28. The van der Waals surface area contributed by atoms with Crippen molar-refractivity contribution in [2.24, 2.45) is 0 Å². The summed E-state index contributed by atoms with van der Waals surface area (Å²) in [7, 11) is 0. The molecule has 1 aliphatic heterocycles. The van der Waals surface area contributed by atoms with Gasteiger partial charge in [0.25, 0.3) is 5.78 Å². The van der Waals surface area contributed by atoms with Crippen LogP contribution in [0.2, 0.25) is 0 Å². The van der Waals surface area contributed by atoms with Crippen LogP contribution in [0.1, 0.15) is 28.3 Å². The van der Waals surface area contributed by atoms with Gasteiger partial charge in [0, 0.05) is 54.1 Å². The molecule has 0 atom stereocenters. The van der Waals surface area contributed by atoms with Crippen molar-refractivity contribution < 1.29 is 4.79 Å². The first kappa shape index (κ1) is 17.9.